The molecule has 206 valence electrons. The van der Waals surface area contributed by atoms with Gasteiger partial charge in [0.15, 0.2) is 11.5 Å². The first-order valence-corrected chi connectivity index (χ1v) is 15.8. The number of rotatable bonds is 8. The van der Waals surface area contributed by atoms with E-state index in [-0.39, 0.29) is 18.0 Å². The van der Waals surface area contributed by atoms with Crippen LogP contribution >= 0.6 is 0 Å². The molecule has 2 fully saturated rings. The number of methoxy groups -OCH3 is 1. The zero-order valence-electron chi connectivity index (χ0n) is 22.9. The fraction of sp³-hybridized carbons (Fsp3) is 0.600. The lowest BCUT2D eigenvalue weighted by Crippen LogP contribution is -2.78. The molecule has 7 nitrogen and oxygen atoms in total. The van der Waals surface area contributed by atoms with E-state index in [1.54, 1.807) is 11.4 Å². The Morgan fingerprint density at radius 2 is 1.95 bits per heavy atom. The summed E-state index contributed by atoms with van der Waals surface area (Å²) in [4.78, 5) is 2.48. The highest BCUT2D eigenvalue weighted by Gasteiger charge is 2.73. The highest BCUT2D eigenvalue weighted by molar-refractivity contribution is 7.88. The Hall–Kier alpha value is -2.13. The highest BCUT2D eigenvalue weighted by Crippen LogP contribution is 2.66. The van der Waals surface area contributed by atoms with E-state index in [1.807, 2.05) is 26.0 Å². The van der Waals surface area contributed by atoms with Crippen molar-refractivity contribution in [3.05, 3.63) is 59.2 Å². The molecule has 38 heavy (non-hydrogen) atoms. The highest BCUT2D eigenvalue weighted by atomic mass is 32.2. The summed E-state index contributed by atoms with van der Waals surface area (Å²) in [6, 6.07) is 14.2. The van der Waals surface area contributed by atoms with Crippen molar-refractivity contribution in [2.45, 2.75) is 75.2 Å². The molecule has 1 spiro atoms. The Morgan fingerprint density at radius 1 is 1.18 bits per heavy atom. The zero-order valence-corrected chi connectivity index (χ0v) is 23.7. The molecule has 0 unspecified atom stereocenters. The van der Waals surface area contributed by atoms with Gasteiger partial charge in [0.1, 0.15) is 6.10 Å². The van der Waals surface area contributed by atoms with Gasteiger partial charge < -0.3 is 14.6 Å². The Bertz CT molecular complexity index is 1320. The van der Waals surface area contributed by atoms with Gasteiger partial charge in [-0.25, -0.2) is 8.42 Å². The molecule has 0 radical (unpaired) electrons. The third-order valence-corrected chi connectivity index (χ3v) is 10.9. The maximum atomic E-state index is 13.1. The quantitative estimate of drug-likeness (QED) is 0.553. The van der Waals surface area contributed by atoms with Crippen molar-refractivity contribution >= 4 is 10.0 Å². The SMILES string of the molecule is COc1ccc2c3c1O[C@H]1[C@@H](N(CC(C)C)S(C)(=O)=O)CC[C@@]4(O)[C@@H](C2)N(CCc2ccccc2)CC[C@]314. The fourth-order valence-corrected chi connectivity index (χ4v) is 9.39. The van der Waals surface area contributed by atoms with Crippen LogP contribution in [-0.4, -0.2) is 79.5 Å². The van der Waals surface area contributed by atoms with E-state index in [2.05, 4.69) is 35.2 Å². The van der Waals surface area contributed by atoms with Crippen LogP contribution in [0.2, 0.25) is 0 Å². The van der Waals surface area contributed by atoms with Crippen molar-refractivity contribution in [3.63, 3.8) is 0 Å². The number of benzene rings is 2. The van der Waals surface area contributed by atoms with E-state index >= 15 is 0 Å². The molecule has 2 aliphatic carbocycles. The Morgan fingerprint density at radius 3 is 2.63 bits per heavy atom. The molecule has 0 aromatic heterocycles. The molecule has 2 aromatic rings. The Balaban J connectivity index is 1.44. The molecule has 6 rings (SSSR count). The lowest BCUT2D eigenvalue weighted by molar-refractivity contribution is -0.196. The minimum atomic E-state index is -3.48. The normalized spacial score (nSPS) is 31.8. The second-order valence-electron chi connectivity index (χ2n) is 12.1. The van der Waals surface area contributed by atoms with Crippen LogP contribution in [0.5, 0.6) is 11.5 Å². The third kappa shape index (κ3) is 3.74. The van der Waals surface area contributed by atoms with Crippen LogP contribution in [0.15, 0.2) is 42.5 Å². The molecule has 1 saturated carbocycles. The van der Waals surface area contributed by atoms with E-state index in [0.29, 0.717) is 30.9 Å². The molecule has 2 bridgehead atoms. The number of sulfonamides is 1. The van der Waals surface area contributed by atoms with E-state index in [0.717, 1.165) is 37.9 Å². The number of piperidine rings is 1. The average Bonchev–Trinajstić information content (AvgIpc) is 3.22. The Labute approximate surface area is 226 Å². The monoisotopic (exact) mass is 540 g/mol. The molecule has 1 N–H and O–H groups in total. The van der Waals surface area contributed by atoms with Crippen LogP contribution in [0, 0.1) is 5.92 Å². The summed E-state index contributed by atoms with van der Waals surface area (Å²) in [5.41, 5.74) is 1.88. The van der Waals surface area contributed by atoms with Gasteiger partial charge in [-0.2, -0.15) is 4.31 Å². The van der Waals surface area contributed by atoms with Crippen molar-refractivity contribution in [2.75, 3.05) is 33.0 Å². The van der Waals surface area contributed by atoms with Gasteiger partial charge in [0.25, 0.3) is 0 Å². The maximum absolute atomic E-state index is 13.1. The van der Waals surface area contributed by atoms with Crippen LogP contribution < -0.4 is 9.47 Å². The number of ether oxygens (including phenoxy) is 2. The van der Waals surface area contributed by atoms with Crippen LogP contribution in [-0.2, 0) is 28.3 Å². The van der Waals surface area contributed by atoms with E-state index in [9.17, 15) is 13.5 Å². The second kappa shape index (κ2) is 9.22. The molecule has 0 amide bonds. The van der Waals surface area contributed by atoms with Gasteiger partial charge in [0, 0.05) is 24.7 Å². The molecule has 2 aromatic carbocycles. The standard InChI is InChI=1S/C30H40N2O5S/c1-20(2)19-32(38(4,34)35)23-12-14-30(33)25-18-22-10-11-24(36-3)27-26(22)29(30,28(23)37-27)15-17-31(25)16-13-21-8-6-5-7-9-21/h5-11,20,23,25,28,33H,12-19H2,1-4H3/t23-,25+,28-,29-,30+/m0/s1. The van der Waals surface area contributed by atoms with E-state index in [4.69, 9.17) is 9.47 Å². The minimum Gasteiger partial charge on any atom is -0.493 e. The number of likely N-dealkylation sites (tertiary alicyclic amines) is 1. The largest absolute Gasteiger partial charge is 0.493 e. The predicted octanol–water partition coefficient (Wildman–Crippen LogP) is 3.38. The van der Waals surface area contributed by atoms with Crippen LogP contribution in [0.3, 0.4) is 0 Å². The molecule has 1 saturated heterocycles. The van der Waals surface area contributed by atoms with Crippen LogP contribution in [0.4, 0.5) is 0 Å². The van der Waals surface area contributed by atoms with Gasteiger partial charge in [-0.1, -0.05) is 50.2 Å². The van der Waals surface area contributed by atoms with Gasteiger partial charge in [0.05, 0.1) is 30.4 Å². The first kappa shape index (κ1) is 26.1. The minimum absolute atomic E-state index is 0.0457. The predicted molar refractivity (Wildman–Crippen MR) is 147 cm³/mol. The second-order valence-corrected chi connectivity index (χ2v) is 14.1. The maximum Gasteiger partial charge on any atom is 0.211 e. The summed E-state index contributed by atoms with van der Waals surface area (Å²) in [6.45, 7) is 6.24. The number of hydrogen-bond acceptors (Lipinski definition) is 6. The fourth-order valence-electron chi connectivity index (χ4n) is 8.11. The summed E-state index contributed by atoms with van der Waals surface area (Å²) >= 11 is 0. The molecular weight excluding hydrogens is 500 g/mol. The van der Waals surface area contributed by atoms with Gasteiger partial charge in [0.2, 0.25) is 10.0 Å². The van der Waals surface area contributed by atoms with Gasteiger partial charge >= 0.3 is 0 Å². The van der Waals surface area contributed by atoms with Crippen molar-refractivity contribution in [3.8, 4) is 11.5 Å². The first-order chi connectivity index (χ1) is 18.1. The van der Waals surface area contributed by atoms with Gasteiger partial charge in [-0.15, -0.1) is 0 Å². The molecule has 2 heterocycles. The summed E-state index contributed by atoms with van der Waals surface area (Å²) in [5, 5.41) is 12.8. The summed E-state index contributed by atoms with van der Waals surface area (Å²) in [7, 11) is -1.84. The van der Waals surface area contributed by atoms with Gasteiger partial charge in [-0.3, -0.25) is 4.90 Å². The lowest BCUT2D eigenvalue weighted by atomic mass is 9.48. The van der Waals surface area contributed by atoms with Crippen molar-refractivity contribution in [1.82, 2.24) is 9.21 Å². The summed E-state index contributed by atoms with van der Waals surface area (Å²) in [6.07, 6.45) is 4.36. The number of aliphatic hydroxyl groups is 1. The number of nitrogens with zero attached hydrogens (tertiary/aromatic N) is 2. The summed E-state index contributed by atoms with van der Waals surface area (Å²) in [5.74, 6) is 1.54. The average molecular weight is 541 g/mol. The lowest BCUT2D eigenvalue weighted by Gasteiger charge is -2.64. The van der Waals surface area contributed by atoms with Crippen LogP contribution in [0.25, 0.3) is 0 Å². The van der Waals surface area contributed by atoms with Crippen molar-refractivity contribution in [1.29, 1.82) is 0 Å². The molecular formula is C30H40N2O5S. The summed E-state index contributed by atoms with van der Waals surface area (Å²) < 4.78 is 40.4. The van der Waals surface area contributed by atoms with Crippen LogP contribution in [0.1, 0.15) is 49.8 Å². The van der Waals surface area contributed by atoms with Crippen molar-refractivity contribution in [2.24, 2.45) is 5.92 Å². The number of hydrogen-bond donors (Lipinski definition) is 1. The Kier molecular flexibility index (Phi) is 6.34. The van der Waals surface area contributed by atoms with E-state index in [1.165, 1.54) is 17.4 Å². The molecule has 2 aliphatic heterocycles. The van der Waals surface area contributed by atoms with E-state index < -0.39 is 27.1 Å². The van der Waals surface area contributed by atoms with Crippen molar-refractivity contribution < 1.29 is 23.0 Å². The first-order valence-electron chi connectivity index (χ1n) is 13.9. The molecule has 5 atom stereocenters. The topological polar surface area (TPSA) is 79.3 Å². The smallest absolute Gasteiger partial charge is 0.211 e. The zero-order chi connectivity index (χ0) is 26.9. The van der Waals surface area contributed by atoms with Gasteiger partial charge in [-0.05, 0) is 61.8 Å². The molecule has 4 aliphatic rings. The third-order valence-electron chi connectivity index (χ3n) is 9.62. The molecule has 8 heteroatoms.